The maximum absolute atomic E-state index is 13.4. The van der Waals surface area contributed by atoms with Gasteiger partial charge < -0.3 is 15.5 Å². The van der Waals surface area contributed by atoms with E-state index < -0.39 is 11.6 Å². The van der Waals surface area contributed by atoms with Crippen LogP contribution in [-0.2, 0) is 0 Å². The van der Waals surface area contributed by atoms with Crippen molar-refractivity contribution >= 4 is 11.6 Å². The number of hydrogen-bond donors (Lipinski definition) is 2. The van der Waals surface area contributed by atoms with Gasteiger partial charge in [-0.15, -0.1) is 0 Å². The highest BCUT2D eigenvalue weighted by molar-refractivity contribution is 5.47. The Hall–Kier alpha value is -1.43. The number of pyridine rings is 1. The minimum Gasteiger partial charge on any atom is -0.368 e. The van der Waals surface area contributed by atoms with Gasteiger partial charge in [0.15, 0.2) is 23.3 Å². The summed E-state index contributed by atoms with van der Waals surface area (Å²) in [6, 6.07) is 0.836. The summed E-state index contributed by atoms with van der Waals surface area (Å²) in [6.07, 6.45) is 0. The van der Waals surface area contributed by atoms with Crippen LogP contribution in [0.25, 0.3) is 0 Å². The molecule has 17 heavy (non-hydrogen) atoms. The van der Waals surface area contributed by atoms with Crippen LogP contribution >= 0.6 is 0 Å². The van der Waals surface area contributed by atoms with E-state index in [2.05, 4.69) is 15.6 Å². The summed E-state index contributed by atoms with van der Waals surface area (Å²) in [6.45, 7) is 3.65. The van der Waals surface area contributed by atoms with Crippen molar-refractivity contribution in [1.29, 1.82) is 0 Å². The molecule has 0 fully saturated rings. The third kappa shape index (κ3) is 4.14. The lowest BCUT2D eigenvalue weighted by atomic mass is 10.4. The van der Waals surface area contributed by atoms with Gasteiger partial charge >= 0.3 is 0 Å². The Balaban J connectivity index is 2.73. The van der Waals surface area contributed by atoms with Gasteiger partial charge in [0.25, 0.3) is 0 Å². The topological polar surface area (TPSA) is 40.2 Å². The lowest BCUT2D eigenvalue weighted by Crippen LogP contribution is -2.21. The smallest absolute Gasteiger partial charge is 0.168 e. The van der Waals surface area contributed by atoms with E-state index in [1.807, 2.05) is 25.9 Å². The molecule has 0 aromatic carbocycles. The van der Waals surface area contributed by atoms with Gasteiger partial charge in [-0.2, -0.15) is 0 Å². The van der Waals surface area contributed by atoms with Crippen molar-refractivity contribution in [2.45, 2.75) is 6.92 Å². The number of likely N-dealkylation sites (N-methyl/N-ethyl adjacent to an activating group) is 1. The minimum atomic E-state index is -0.678. The normalized spacial score (nSPS) is 10.7. The van der Waals surface area contributed by atoms with Crippen LogP contribution in [0, 0.1) is 11.6 Å². The molecule has 4 nitrogen and oxygen atoms in total. The molecular formula is C11H18F2N4. The van der Waals surface area contributed by atoms with Crippen LogP contribution in [-0.4, -0.2) is 43.6 Å². The first-order chi connectivity index (χ1) is 8.04. The van der Waals surface area contributed by atoms with Gasteiger partial charge in [-0.05, 0) is 21.0 Å². The van der Waals surface area contributed by atoms with Gasteiger partial charge in [0.05, 0.1) is 0 Å². The average Bonchev–Trinajstić information content (AvgIpc) is 2.24. The molecule has 0 bridgehead atoms. The van der Waals surface area contributed by atoms with Crippen molar-refractivity contribution in [3.63, 3.8) is 0 Å². The van der Waals surface area contributed by atoms with Gasteiger partial charge in [-0.1, -0.05) is 0 Å². The SMILES string of the molecule is CCNc1nc(NCCN(C)C)c(F)cc1F. The standard InChI is InChI=1S/C11H18F2N4/c1-4-14-10-8(12)7-9(13)11(16-10)15-5-6-17(2)3/h7H,4-6H2,1-3H3,(H2,14,15,16). The number of nitrogens with one attached hydrogen (secondary N) is 2. The molecule has 0 radical (unpaired) electrons. The van der Waals surface area contributed by atoms with E-state index in [0.717, 1.165) is 12.6 Å². The number of halogens is 2. The second-order valence-electron chi connectivity index (χ2n) is 3.91. The summed E-state index contributed by atoms with van der Waals surface area (Å²) in [5.41, 5.74) is 0. The molecule has 0 aliphatic carbocycles. The molecule has 1 heterocycles. The molecule has 0 aliphatic heterocycles. The van der Waals surface area contributed by atoms with E-state index in [1.54, 1.807) is 0 Å². The first-order valence-electron chi connectivity index (χ1n) is 5.53. The van der Waals surface area contributed by atoms with Crippen LogP contribution in [0.3, 0.4) is 0 Å². The largest absolute Gasteiger partial charge is 0.368 e. The minimum absolute atomic E-state index is 0.0706. The molecule has 0 saturated carbocycles. The number of hydrogen-bond acceptors (Lipinski definition) is 4. The fraction of sp³-hybridized carbons (Fsp3) is 0.545. The van der Waals surface area contributed by atoms with E-state index >= 15 is 0 Å². The van der Waals surface area contributed by atoms with Gasteiger partial charge in [0.1, 0.15) is 0 Å². The predicted octanol–water partition coefficient (Wildman–Crippen LogP) is 1.77. The Labute approximate surface area is 100 Å². The molecule has 1 rings (SSSR count). The fourth-order valence-electron chi connectivity index (χ4n) is 1.28. The van der Waals surface area contributed by atoms with Crippen molar-refractivity contribution in [2.75, 3.05) is 44.4 Å². The van der Waals surface area contributed by atoms with Gasteiger partial charge in [0.2, 0.25) is 0 Å². The monoisotopic (exact) mass is 244 g/mol. The molecular weight excluding hydrogens is 226 g/mol. The first-order valence-corrected chi connectivity index (χ1v) is 5.53. The molecule has 1 aromatic rings. The van der Waals surface area contributed by atoms with Crippen LogP contribution < -0.4 is 10.6 Å². The van der Waals surface area contributed by atoms with Crippen LogP contribution in [0.2, 0.25) is 0 Å². The summed E-state index contributed by atoms with van der Waals surface area (Å²) in [4.78, 5) is 5.83. The summed E-state index contributed by atoms with van der Waals surface area (Å²) < 4.78 is 26.7. The molecule has 1 aromatic heterocycles. The second kappa shape index (κ2) is 6.34. The van der Waals surface area contributed by atoms with Crippen LogP contribution in [0.4, 0.5) is 20.4 Å². The molecule has 0 atom stereocenters. The Morgan fingerprint density at radius 3 is 2.29 bits per heavy atom. The van der Waals surface area contributed by atoms with E-state index in [1.165, 1.54) is 0 Å². The molecule has 0 unspecified atom stereocenters. The highest BCUT2D eigenvalue weighted by Crippen LogP contribution is 2.18. The van der Waals surface area contributed by atoms with Gasteiger partial charge in [-0.3, -0.25) is 0 Å². The molecule has 0 aliphatic rings. The Kier molecular flexibility index (Phi) is 5.09. The number of nitrogens with zero attached hydrogens (tertiary/aromatic N) is 2. The van der Waals surface area contributed by atoms with Crippen molar-refractivity contribution in [3.8, 4) is 0 Å². The highest BCUT2D eigenvalue weighted by atomic mass is 19.1. The van der Waals surface area contributed by atoms with E-state index in [4.69, 9.17) is 0 Å². The summed E-state index contributed by atoms with van der Waals surface area (Å²) in [5.74, 6) is -1.21. The number of rotatable bonds is 6. The summed E-state index contributed by atoms with van der Waals surface area (Å²) in [5, 5.41) is 5.58. The third-order valence-corrected chi connectivity index (χ3v) is 2.13. The van der Waals surface area contributed by atoms with E-state index in [0.29, 0.717) is 13.1 Å². The van der Waals surface area contributed by atoms with Gasteiger partial charge in [-0.25, -0.2) is 13.8 Å². The van der Waals surface area contributed by atoms with Crippen LogP contribution in [0.1, 0.15) is 6.92 Å². The number of aromatic nitrogens is 1. The summed E-state index contributed by atoms with van der Waals surface area (Å²) in [7, 11) is 3.83. The molecule has 2 N–H and O–H groups in total. The van der Waals surface area contributed by atoms with Crippen molar-refractivity contribution in [1.82, 2.24) is 9.88 Å². The molecule has 0 saturated heterocycles. The Bertz CT molecular complexity index is 369. The molecule has 0 spiro atoms. The van der Waals surface area contributed by atoms with Gasteiger partial charge in [0, 0.05) is 25.7 Å². The maximum atomic E-state index is 13.4. The number of anilines is 2. The zero-order valence-corrected chi connectivity index (χ0v) is 10.3. The Morgan fingerprint density at radius 2 is 1.76 bits per heavy atom. The van der Waals surface area contributed by atoms with Crippen LogP contribution in [0.5, 0.6) is 0 Å². The van der Waals surface area contributed by atoms with Crippen molar-refractivity contribution < 1.29 is 8.78 Å². The highest BCUT2D eigenvalue weighted by Gasteiger charge is 2.10. The van der Waals surface area contributed by atoms with E-state index in [9.17, 15) is 8.78 Å². The van der Waals surface area contributed by atoms with Crippen molar-refractivity contribution in [2.24, 2.45) is 0 Å². The second-order valence-corrected chi connectivity index (χ2v) is 3.91. The summed E-state index contributed by atoms with van der Waals surface area (Å²) >= 11 is 0. The molecule has 6 heteroatoms. The zero-order chi connectivity index (χ0) is 12.8. The average molecular weight is 244 g/mol. The lowest BCUT2D eigenvalue weighted by Gasteiger charge is -2.12. The first kappa shape index (κ1) is 13.6. The van der Waals surface area contributed by atoms with E-state index in [-0.39, 0.29) is 11.6 Å². The molecule has 96 valence electrons. The fourth-order valence-corrected chi connectivity index (χ4v) is 1.28. The quantitative estimate of drug-likeness (QED) is 0.800. The van der Waals surface area contributed by atoms with Crippen LogP contribution in [0.15, 0.2) is 6.07 Å². The third-order valence-electron chi connectivity index (χ3n) is 2.13. The lowest BCUT2D eigenvalue weighted by molar-refractivity contribution is 0.424. The molecule has 0 amide bonds. The zero-order valence-electron chi connectivity index (χ0n) is 10.3. The Morgan fingerprint density at radius 1 is 1.18 bits per heavy atom. The maximum Gasteiger partial charge on any atom is 0.168 e. The van der Waals surface area contributed by atoms with Crippen molar-refractivity contribution in [3.05, 3.63) is 17.7 Å². The predicted molar refractivity (Wildman–Crippen MR) is 65.4 cm³/mol.